The highest BCUT2D eigenvalue weighted by atomic mass is 16.5. The van der Waals surface area contributed by atoms with Crippen LogP contribution in [-0.2, 0) is 9.59 Å². The molecular formula is C38H38N6O6. The maximum atomic E-state index is 13.4. The van der Waals surface area contributed by atoms with Gasteiger partial charge < -0.3 is 31.6 Å². The largest absolute Gasteiger partial charge is 0.489 e. The molecule has 5 rings (SSSR count). The number of aliphatic imine (C=N–C) groups is 1. The molecule has 0 unspecified atom stereocenters. The first-order valence-corrected chi connectivity index (χ1v) is 15.9. The Morgan fingerprint density at radius 2 is 1.48 bits per heavy atom. The summed E-state index contributed by atoms with van der Waals surface area (Å²) in [6, 6.07) is 28.5. The molecule has 5 aromatic carbocycles. The van der Waals surface area contributed by atoms with E-state index in [0.717, 1.165) is 32.7 Å². The molecule has 0 bridgehead atoms. The highest BCUT2D eigenvalue weighted by molar-refractivity contribution is 6.10. The van der Waals surface area contributed by atoms with Gasteiger partial charge in [-0.2, -0.15) is 0 Å². The SMILES string of the molecule is C=CCOc1ccc2ccccc2c1-c1c(OCC(=O)N[C@H](CCCN=C(N)N)C(=O)Nc2cccc(C(=O)NO)c2)ccc2ccccc12. The average molecular weight is 675 g/mol. The lowest BCUT2D eigenvalue weighted by Gasteiger charge is -2.21. The molecule has 5 aromatic rings. The lowest BCUT2D eigenvalue weighted by Crippen LogP contribution is -2.45. The maximum absolute atomic E-state index is 13.4. The summed E-state index contributed by atoms with van der Waals surface area (Å²) in [7, 11) is 0. The number of nitrogens with two attached hydrogens (primary N) is 2. The number of benzene rings is 5. The number of hydrogen-bond acceptors (Lipinski definition) is 7. The van der Waals surface area contributed by atoms with Gasteiger partial charge in [-0.25, -0.2) is 5.48 Å². The van der Waals surface area contributed by atoms with E-state index in [1.165, 1.54) is 12.1 Å². The predicted octanol–water partition coefficient (Wildman–Crippen LogP) is 4.90. The molecule has 50 heavy (non-hydrogen) atoms. The van der Waals surface area contributed by atoms with Crippen molar-refractivity contribution in [3.63, 3.8) is 0 Å². The summed E-state index contributed by atoms with van der Waals surface area (Å²) in [5.41, 5.74) is 14.4. The number of nitrogens with zero attached hydrogens (tertiary/aromatic N) is 1. The highest BCUT2D eigenvalue weighted by Gasteiger charge is 2.23. The van der Waals surface area contributed by atoms with Crippen LogP contribution in [0.15, 0.2) is 115 Å². The minimum Gasteiger partial charge on any atom is -0.489 e. The van der Waals surface area contributed by atoms with E-state index in [1.54, 1.807) is 23.7 Å². The summed E-state index contributed by atoms with van der Waals surface area (Å²) in [4.78, 5) is 42.7. The van der Waals surface area contributed by atoms with Crippen molar-refractivity contribution in [2.24, 2.45) is 16.5 Å². The van der Waals surface area contributed by atoms with Crippen molar-refractivity contribution in [1.29, 1.82) is 0 Å². The Kier molecular flexibility index (Phi) is 11.6. The molecule has 1 atom stereocenters. The third kappa shape index (κ3) is 8.54. The van der Waals surface area contributed by atoms with Crippen molar-refractivity contribution >= 4 is 50.9 Å². The van der Waals surface area contributed by atoms with Crippen LogP contribution < -0.4 is 37.1 Å². The third-order valence-electron chi connectivity index (χ3n) is 7.84. The number of carbonyl (C=O) groups is 3. The fraction of sp³-hybridized carbons (Fsp3) is 0.158. The molecule has 0 aliphatic heterocycles. The summed E-state index contributed by atoms with van der Waals surface area (Å²) in [5.74, 6) is -0.816. The van der Waals surface area contributed by atoms with Gasteiger partial charge in [-0.15, -0.1) is 0 Å². The molecule has 0 fully saturated rings. The Bertz CT molecular complexity index is 2060. The second-order valence-corrected chi connectivity index (χ2v) is 11.3. The minimum atomic E-state index is -0.997. The van der Waals surface area contributed by atoms with Crippen LogP contribution >= 0.6 is 0 Å². The minimum absolute atomic E-state index is 0.0853. The number of hydrogen-bond donors (Lipinski definition) is 6. The van der Waals surface area contributed by atoms with Crippen molar-refractivity contribution in [1.82, 2.24) is 10.8 Å². The van der Waals surface area contributed by atoms with E-state index in [2.05, 4.69) is 22.2 Å². The van der Waals surface area contributed by atoms with E-state index in [0.29, 0.717) is 30.2 Å². The lowest BCUT2D eigenvalue weighted by molar-refractivity contribution is -0.128. The van der Waals surface area contributed by atoms with Gasteiger partial charge in [-0.05, 0) is 64.7 Å². The van der Waals surface area contributed by atoms with Crippen molar-refractivity contribution in [3.05, 3.63) is 115 Å². The molecule has 0 spiro atoms. The predicted molar refractivity (Wildman–Crippen MR) is 194 cm³/mol. The molecule has 12 nitrogen and oxygen atoms in total. The standard InChI is InChI=1S/C38H38N6O6/c1-2-21-49-31-18-16-24-9-3-5-13-28(24)34(31)35-29-14-6-4-10-25(29)17-19-32(35)50-23-33(45)43-30(15-8-20-41-38(39)40)37(47)42-27-12-7-11-26(22-27)36(46)44-48/h2-7,9-14,16-19,22,30,48H,1,8,15,20-21,23H2,(H,42,47)(H,43,45)(H,44,46)(H4,39,40,41)/t30-/m1/s1. The monoisotopic (exact) mass is 674 g/mol. The van der Waals surface area contributed by atoms with Crippen LogP contribution in [0.3, 0.4) is 0 Å². The van der Waals surface area contributed by atoms with E-state index < -0.39 is 30.4 Å². The fourth-order valence-corrected chi connectivity index (χ4v) is 5.59. The molecule has 0 saturated carbocycles. The second-order valence-electron chi connectivity index (χ2n) is 11.3. The van der Waals surface area contributed by atoms with Crippen LogP contribution in [0.5, 0.6) is 11.5 Å². The van der Waals surface area contributed by atoms with Gasteiger partial charge in [-0.1, -0.05) is 79.4 Å². The van der Waals surface area contributed by atoms with Gasteiger partial charge in [0.05, 0.1) is 0 Å². The molecule has 3 amide bonds. The number of rotatable bonds is 15. The number of ether oxygens (including phenoxy) is 2. The molecular weight excluding hydrogens is 636 g/mol. The molecule has 0 aromatic heterocycles. The van der Waals surface area contributed by atoms with Gasteiger partial charge in [0.25, 0.3) is 11.8 Å². The van der Waals surface area contributed by atoms with E-state index in [1.807, 2.05) is 72.8 Å². The Hall–Kier alpha value is -6.40. The molecule has 0 aliphatic carbocycles. The Labute approximate surface area is 288 Å². The molecule has 0 heterocycles. The number of nitrogens with one attached hydrogen (secondary N) is 3. The first-order valence-electron chi connectivity index (χ1n) is 15.9. The van der Waals surface area contributed by atoms with Gasteiger partial charge in [0, 0.05) is 28.9 Å². The third-order valence-corrected chi connectivity index (χ3v) is 7.84. The van der Waals surface area contributed by atoms with Crippen LogP contribution in [0, 0.1) is 0 Å². The first-order chi connectivity index (χ1) is 24.3. The van der Waals surface area contributed by atoms with Crippen LogP contribution in [0.2, 0.25) is 0 Å². The highest BCUT2D eigenvalue weighted by Crippen LogP contribution is 2.45. The van der Waals surface area contributed by atoms with Gasteiger partial charge in [0.2, 0.25) is 5.91 Å². The maximum Gasteiger partial charge on any atom is 0.274 e. The van der Waals surface area contributed by atoms with Gasteiger partial charge in [-0.3, -0.25) is 24.6 Å². The topological polar surface area (TPSA) is 190 Å². The lowest BCUT2D eigenvalue weighted by atomic mass is 9.92. The number of anilines is 1. The van der Waals surface area contributed by atoms with Crippen LogP contribution in [0.1, 0.15) is 23.2 Å². The first kappa shape index (κ1) is 34.9. The van der Waals surface area contributed by atoms with Crippen LogP contribution in [0.25, 0.3) is 32.7 Å². The van der Waals surface area contributed by atoms with E-state index in [-0.39, 0.29) is 24.5 Å². The number of guanidine groups is 1. The van der Waals surface area contributed by atoms with Gasteiger partial charge in [0.1, 0.15) is 24.1 Å². The van der Waals surface area contributed by atoms with Crippen molar-refractivity contribution in [2.45, 2.75) is 18.9 Å². The zero-order chi connectivity index (χ0) is 35.5. The summed E-state index contributed by atoms with van der Waals surface area (Å²) < 4.78 is 12.4. The average Bonchev–Trinajstić information content (AvgIpc) is 3.13. The molecule has 0 aliphatic rings. The summed E-state index contributed by atoms with van der Waals surface area (Å²) in [6.45, 7) is 3.93. The van der Waals surface area contributed by atoms with E-state index in [9.17, 15) is 14.4 Å². The fourth-order valence-electron chi connectivity index (χ4n) is 5.59. The van der Waals surface area contributed by atoms with Gasteiger partial charge >= 0.3 is 0 Å². The number of amides is 3. The molecule has 0 radical (unpaired) electrons. The van der Waals surface area contributed by atoms with Crippen molar-refractivity contribution in [3.8, 4) is 22.6 Å². The Balaban J connectivity index is 1.42. The summed E-state index contributed by atoms with van der Waals surface area (Å²) >= 11 is 0. The molecule has 8 N–H and O–H groups in total. The Morgan fingerprint density at radius 3 is 2.10 bits per heavy atom. The Morgan fingerprint density at radius 1 is 0.840 bits per heavy atom. The number of hydroxylamine groups is 1. The van der Waals surface area contributed by atoms with Crippen molar-refractivity contribution < 1.29 is 29.1 Å². The van der Waals surface area contributed by atoms with Crippen LogP contribution in [-0.4, -0.2) is 54.7 Å². The number of fused-ring (bicyclic) bond motifs is 2. The zero-order valence-electron chi connectivity index (χ0n) is 27.2. The quantitative estimate of drug-likeness (QED) is 0.0226. The number of carbonyl (C=O) groups excluding carboxylic acids is 3. The molecule has 256 valence electrons. The van der Waals surface area contributed by atoms with Crippen molar-refractivity contribution in [2.75, 3.05) is 25.1 Å². The molecule has 12 heteroatoms. The summed E-state index contributed by atoms with van der Waals surface area (Å²) in [5, 5.41) is 18.3. The van der Waals surface area contributed by atoms with Crippen LogP contribution in [0.4, 0.5) is 5.69 Å². The zero-order valence-corrected chi connectivity index (χ0v) is 27.2. The van der Waals surface area contributed by atoms with E-state index in [4.69, 9.17) is 26.1 Å². The molecule has 0 saturated heterocycles. The second kappa shape index (κ2) is 16.6. The van der Waals surface area contributed by atoms with Gasteiger partial charge in [0.15, 0.2) is 12.6 Å². The normalized spacial score (nSPS) is 11.3. The smallest absolute Gasteiger partial charge is 0.274 e. The summed E-state index contributed by atoms with van der Waals surface area (Å²) in [6.07, 6.45) is 2.26. The van der Waals surface area contributed by atoms with E-state index >= 15 is 0 Å².